The van der Waals surface area contributed by atoms with E-state index in [9.17, 15) is 13.2 Å². The number of carbonyl (C=O) groups excluding carboxylic acids is 1. The number of sulfonamides is 1. The average Bonchev–Trinajstić information content (AvgIpc) is 3.45. The molecular formula is C30H33Cl2N5O3S. The number of nitrogens with one attached hydrogen (secondary N) is 1. The lowest BCUT2D eigenvalue weighted by Gasteiger charge is -2.37. The number of nitrogens with zero attached hydrogens (tertiary/aromatic N) is 4. The Labute approximate surface area is 252 Å². The third-order valence-electron chi connectivity index (χ3n) is 7.07. The Bertz CT molecular complexity index is 1520. The first kappa shape index (κ1) is 30.7. The molecule has 1 amide bonds. The summed E-state index contributed by atoms with van der Waals surface area (Å²) in [5.74, 6) is -0.184. The van der Waals surface area contributed by atoms with Crippen molar-refractivity contribution in [2.45, 2.75) is 18.9 Å². The summed E-state index contributed by atoms with van der Waals surface area (Å²) in [4.78, 5) is 19.1. The zero-order chi connectivity index (χ0) is 29.6. The number of nitriles is 1. The molecule has 8 nitrogen and oxygen atoms in total. The SMILES string of the molecule is CN(CC#N)C(=O)CN(c1ccc(Cl)c(Cl)c1)C(CN1CCCC1)c1ccc(-c2cccc(NS(C)(=O)=O)c2)cc1. The average molecular weight is 615 g/mol. The van der Waals surface area contributed by atoms with Crippen LogP contribution in [0.1, 0.15) is 24.4 Å². The zero-order valence-corrected chi connectivity index (χ0v) is 25.4. The Kier molecular flexibility index (Phi) is 10.2. The molecular weight excluding hydrogens is 581 g/mol. The van der Waals surface area contributed by atoms with Crippen LogP contribution in [-0.2, 0) is 14.8 Å². The number of rotatable bonds is 11. The van der Waals surface area contributed by atoms with Gasteiger partial charge in [-0.3, -0.25) is 9.52 Å². The van der Waals surface area contributed by atoms with E-state index in [1.165, 1.54) is 4.90 Å². The van der Waals surface area contributed by atoms with Crippen molar-refractivity contribution in [3.8, 4) is 17.2 Å². The van der Waals surface area contributed by atoms with E-state index < -0.39 is 10.0 Å². The van der Waals surface area contributed by atoms with E-state index >= 15 is 0 Å². The first-order valence-corrected chi connectivity index (χ1v) is 15.9. The molecule has 0 saturated carbocycles. The Morgan fingerprint density at radius 3 is 2.37 bits per heavy atom. The van der Waals surface area contributed by atoms with Crippen molar-refractivity contribution in [1.82, 2.24) is 9.80 Å². The summed E-state index contributed by atoms with van der Waals surface area (Å²) in [7, 11) is -1.77. The van der Waals surface area contributed by atoms with Crippen molar-refractivity contribution in [3.05, 3.63) is 82.3 Å². The molecule has 1 saturated heterocycles. The van der Waals surface area contributed by atoms with Gasteiger partial charge >= 0.3 is 0 Å². The van der Waals surface area contributed by atoms with Crippen molar-refractivity contribution < 1.29 is 13.2 Å². The maximum Gasteiger partial charge on any atom is 0.242 e. The lowest BCUT2D eigenvalue weighted by molar-refractivity contribution is -0.128. The summed E-state index contributed by atoms with van der Waals surface area (Å²) in [5.41, 5.74) is 4.05. The highest BCUT2D eigenvalue weighted by Gasteiger charge is 2.28. The van der Waals surface area contributed by atoms with E-state index in [2.05, 4.69) is 9.62 Å². The molecule has 1 fully saturated rings. The molecule has 216 valence electrons. The van der Waals surface area contributed by atoms with Gasteiger partial charge in [-0.1, -0.05) is 59.6 Å². The fourth-order valence-corrected chi connectivity index (χ4v) is 5.82. The van der Waals surface area contributed by atoms with Gasteiger partial charge in [-0.2, -0.15) is 5.26 Å². The summed E-state index contributed by atoms with van der Waals surface area (Å²) in [5, 5.41) is 9.96. The summed E-state index contributed by atoms with van der Waals surface area (Å²) >= 11 is 12.7. The zero-order valence-electron chi connectivity index (χ0n) is 23.1. The van der Waals surface area contributed by atoms with Crippen LogP contribution in [0.4, 0.5) is 11.4 Å². The minimum atomic E-state index is -3.39. The summed E-state index contributed by atoms with van der Waals surface area (Å²) in [6, 6.07) is 22.5. The molecule has 3 aromatic rings. The minimum Gasteiger partial charge on any atom is -0.354 e. The second-order valence-electron chi connectivity index (χ2n) is 10.2. The smallest absolute Gasteiger partial charge is 0.242 e. The predicted molar refractivity (Wildman–Crippen MR) is 166 cm³/mol. The van der Waals surface area contributed by atoms with Gasteiger partial charge in [-0.25, -0.2) is 8.42 Å². The second-order valence-corrected chi connectivity index (χ2v) is 12.8. The number of hydrogen-bond donors (Lipinski definition) is 1. The van der Waals surface area contributed by atoms with Crippen molar-refractivity contribution in [1.29, 1.82) is 5.26 Å². The van der Waals surface area contributed by atoms with Crippen molar-refractivity contribution in [3.63, 3.8) is 0 Å². The number of anilines is 2. The third-order valence-corrected chi connectivity index (χ3v) is 8.42. The number of hydrogen-bond acceptors (Lipinski definition) is 6. The van der Waals surface area contributed by atoms with Gasteiger partial charge in [0.25, 0.3) is 0 Å². The topological polar surface area (TPSA) is 96.8 Å². The molecule has 1 unspecified atom stereocenters. The first-order valence-electron chi connectivity index (χ1n) is 13.3. The van der Waals surface area contributed by atoms with Crippen LogP contribution in [-0.4, -0.2) is 70.2 Å². The molecule has 0 aromatic heterocycles. The second kappa shape index (κ2) is 13.6. The van der Waals surface area contributed by atoms with Crippen molar-refractivity contribution in [2.75, 3.05) is 55.6 Å². The van der Waals surface area contributed by atoms with Crippen LogP contribution in [0.5, 0.6) is 0 Å². The lowest BCUT2D eigenvalue weighted by atomic mass is 9.98. The Morgan fingerprint density at radius 2 is 1.73 bits per heavy atom. The maximum absolute atomic E-state index is 13.2. The molecule has 11 heteroatoms. The highest BCUT2D eigenvalue weighted by molar-refractivity contribution is 7.92. The Hall–Kier alpha value is -3.29. The van der Waals surface area contributed by atoms with Gasteiger partial charge in [0.1, 0.15) is 6.54 Å². The van der Waals surface area contributed by atoms with Crippen molar-refractivity contribution in [2.24, 2.45) is 0 Å². The van der Waals surface area contributed by atoms with Gasteiger partial charge in [0, 0.05) is 25.0 Å². The summed E-state index contributed by atoms with van der Waals surface area (Å²) in [6.45, 7) is 2.70. The number of amides is 1. The summed E-state index contributed by atoms with van der Waals surface area (Å²) < 4.78 is 25.9. The van der Waals surface area contributed by atoms with Crippen LogP contribution < -0.4 is 9.62 Å². The summed E-state index contributed by atoms with van der Waals surface area (Å²) in [6.07, 6.45) is 3.37. The molecule has 0 spiro atoms. The standard InChI is InChI=1S/C30H33Cl2N5O3S/c1-35(17-14-33)30(38)21-37(26-12-13-27(31)28(32)19-26)29(20-36-15-3-4-16-36)23-10-8-22(9-11-23)24-6-5-7-25(18-24)34-41(2,39)40/h5-13,18-19,29,34H,3-4,15-17,20-21H2,1-2H3. The number of carbonyl (C=O) groups is 1. The van der Waals surface area contributed by atoms with Gasteiger partial charge in [0.2, 0.25) is 15.9 Å². The normalized spacial score (nSPS) is 14.3. The molecule has 1 heterocycles. The highest BCUT2D eigenvalue weighted by atomic mass is 35.5. The number of likely N-dealkylation sites (N-methyl/N-ethyl adjacent to an activating group) is 1. The molecule has 41 heavy (non-hydrogen) atoms. The quantitative estimate of drug-likeness (QED) is 0.280. The van der Waals surface area contributed by atoms with E-state index in [4.69, 9.17) is 28.5 Å². The molecule has 1 N–H and O–H groups in total. The Morgan fingerprint density at radius 1 is 1.02 bits per heavy atom. The minimum absolute atomic E-state index is 0.00715. The molecule has 3 aromatic carbocycles. The maximum atomic E-state index is 13.2. The molecule has 1 aliphatic rings. The van der Waals surface area contributed by atoms with Crippen LogP contribution in [0.25, 0.3) is 11.1 Å². The molecule has 1 aliphatic heterocycles. The van der Waals surface area contributed by atoms with Gasteiger partial charge in [-0.15, -0.1) is 0 Å². The van der Waals surface area contributed by atoms with Crippen LogP contribution >= 0.6 is 23.2 Å². The van der Waals surface area contributed by atoms with Crippen LogP contribution in [0, 0.1) is 11.3 Å². The lowest BCUT2D eigenvalue weighted by Crippen LogP contribution is -2.44. The molecule has 4 rings (SSSR count). The van der Waals surface area contributed by atoms with Gasteiger partial charge in [0.15, 0.2) is 0 Å². The van der Waals surface area contributed by atoms with Gasteiger partial charge in [-0.05, 0) is 73.0 Å². The van der Waals surface area contributed by atoms with Gasteiger partial charge in [0.05, 0.1) is 35.0 Å². The van der Waals surface area contributed by atoms with E-state index in [-0.39, 0.29) is 25.0 Å². The van der Waals surface area contributed by atoms with Crippen LogP contribution in [0.3, 0.4) is 0 Å². The fourth-order valence-electron chi connectivity index (χ4n) is 4.97. The number of halogens is 2. The number of benzene rings is 3. The first-order chi connectivity index (χ1) is 19.5. The van der Waals surface area contributed by atoms with E-state index in [1.54, 1.807) is 31.3 Å². The van der Waals surface area contributed by atoms with Gasteiger partial charge < -0.3 is 14.7 Å². The number of likely N-dealkylation sites (tertiary alicyclic amines) is 1. The monoisotopic (exact) mass is 613 g/mol. The van der Waals surface area contributed by atoms with Crippen LogP contribution in [0.15, 0.2) is 66.7 Å². The Balaban J connectivity index is 1.72. The van der Waals surface area contributed by atoms with E-state index in [0.717, 1.165) is 54.6 Å². The van der Waals surface area contributed by atoms with Crippen LogP contribution in [0.2, 0.25) is 10.0 Å². The molecule has 1 atom stereocenters. The van der Waals surface area contributed by atoms with E-state index in [0.29, 0.717) is 22.3 Å². The predicted octanol–water partition coefficient (Wildman–Crippen LogP) is 5.66. The largest absolute Gasteiger partial charge is 0.354 e. The van der Waals surface area contributed by atoms with Crippen molar-refractivity contribution >= 4 is 50.5 Å². The third kappa shape index (κ3) is 8.37. The molecule has 0 radical (unpaired) electrons. The fraction of sp³-hybridized carbons (Fsp3) is 0.333. The molecule has 0 aliphatic carbocycles. The highest BCUT2D eigenvalue weighted by Crippen LogP contribution is 2.34. The van der Waals surface area contributed by atoms with E-state index in [1.807, 2.05) is 53.4 Å². The molecule has 0 bridgehead atoms.